The van der Waals surface area contributed by atoms with Gasteiger partial charge in [0, 0.05) is 36.3 Å². The Bertz CT molecular complexity index is 1610. The predicted molar refractivity (Wildman–Crippen MR) is 165 cm³/mol. The number of aryl methyl sites for hydroxylation is 2. The van der Waals surface area contributed by atoms with Crippen molar-refractivity contribution in [3.05, 3.63) is 57.9 Å². The van der Waals surface area contributed by atoms with E-state index in [1.54, 1.807) is 36.7 Å². The number of nitrogens with zero attached hydrogens (tertiary/aromatic N) is 4. The maximum Gasteiger partial charge on any atom is 0.271 e. The van der Waals surface area contributed by atoms with Crippen LogP contribution in [-0.2, 0) is 17.8 Å². The molecule has 3 heterocycles. The molecule has 0 fully saturated rings. The van der Waals surface area contributed by atoms with Crippen LogP contribution in [0.4, 0.5) is 0 Å². The largest absolute Gasteiger partial charge is 0.493 e. The number of Topliss-reactive ketones (excluding diaryl/α,β-unsaturated/α-hetero) is 1. The molecule has 2 bridgehead atoms. The number of ether oxygens (including phenoxy) is 2. The fourth-order valence-corrected chi connectivity index (χ4v) is 5.93. The lowest BCUT2D eigenvalue weighted by Gasteiger charge is -2.26. The highest BCUT2D eigenvalue weighted by atomic mass is 16.5. The minimum Gasteiger partial charge on any atom is -0.493 e. The molecule has 1 aromatic carbocycles. The molecule has 3 N–H and O–H groups in total. The van der Waals surface area contributed by atoms with Crippen molar-refractivity contribution in [1.82, 2.24) is 35.3 Å². The van der Waals surface area contributed by atoms with Gasteiger partial charge in [0.25, 0.3) is 11.8 Å². The van der Waals surface area contributed by atoms with E-state index in [-0.39, 0.29) is 55.7 Å². The van der Waals surface area contributed by atoms with Crippen LogP contribution in [0.2, 0.25) is 0 Å². The van der Waals surface area contributed by atoms with Crippen molar-refractivity contribution >= 4 is 23.5 Å². The van der Waals surface area contributed by atoms with E-state index < -0.39 is 6.04 Å². The van der Waals surface area contributed by atoms with Crippen molar-refractivity contribution in [3.8, 4) is 11.5 Å². The van der Waals surface area contributed by atoms with Gasteiger partial charge in [-0.05, 0) is 62.8 Å². The standard InChI is InChI=1S/C32H41N7O6/c1-18(2)28-30-34-20(4)37-39(30)14-15-45-25-16-21(10-11-24(25)44-5)31(42)33-12-7-13-38(17-26(41)36-28)32(43)29-19(3)27-22(35-29)8-6-9-23(27)40/h10-11,16,18,28,35H,6-9,12-15,17H2,1-5H3,(H,33,42)(H,36,41)/t28-/m0/s1. The van der Waals surface area contributed by atoms with Gasteiger partial charge in [-0.15, -0.1) is 0 Å². The Kier molecular flexibility index (Phi) is 9.54. The summed E-state index contributed by atoms with van der Waals surface area (Å²) in [5, 5.41) is 10.5. The van der Waals surface area contributed by atoms with Crippen molar-refractivity contribution in [2.45, 2.75) is 66.0 Å². The number of hydrogen-bond acceptors (Lipinski definition) is 8. The first kappa shape index (κ1) is 31.7. The van der Waals surface area contributed by atoms with Gasteiger partial charge in [0.05, 0.1) is 26.2 Å². The molecule has 13 heteroatoms. The van der Waals surface area contributed by atoms with Gasteiger partial charge in [0.1, 0.15) is 23.9 Å². The van der Waals surface area contributed by atoms with Crippen LogP contribution in [0.25, 0.3) is 0 Å². The molecule has 1 atom stereocenters. The van der Waals surface area contributed by atoms with Crippen LogP contribution in [0.1, 0.15) is 93.3 Å². The number of aromatic amines is 1. The highest BCUT2D eigenvalue weighted by Crippen LogP contribution is 2.29. The number of carbonyl (C=O) groups excluding carboxylic acids is 4. The molecule has 2 aliphatic rings. The molecule has 3 amide bonds. The zero-order chi connectivity index (χ0) is 32.2. The van der Waals surface area contributed by atoms with Crippen molar-refractivity contribution in [1.29, 1.82) is 0 Å². The number of ketones is 1. The summed E-state index contributed by atoms with van der Waals surface area (Å²) in [5.74, 6) is 0.966. The fourth-order valence-electron chi connectivity index (χ4n) is 5.93. The number of H-pyrrole nitrogens is 1. The zero-order valence-corrected chi connectivity index (χ0v) is 26.5. The van der Waals surface area contributed by atoms with E-state index >= 15 is 0 Å². The maximum absolute atomic E-state index is 13.9. The molecule has 240 valence electrons. The number of benzene rings is 1. The molecule has 1 aliphatic carbocycles. The van der Waals surface area contributed by atoms with Crippen LogP contribution in [0.3, 0.4) is 0 Å². The molecule has 5 rings (SSSR count). The van der Waals surface area contributed by atoms with Crippen LogP contribution in [0, 0.1) is 19.8 Å². The van der Waals surface area contributed by atoms with Gasteiger partial charge in [0.15, 0.2) is 17.3 Å². The molecule has 0 unspecified atom stereocenters. The molecule has 3 aromatic rings. The molecule has 0 spiro atoms. The highest BCUT2D eigenvalue weighted by molar-refractivity contribution is 6.04. The molecule has 1 aliphatic heterocycles. The Labute approximate surface area is 262 Å². The Morgan fingerprint density at radius 2 is 1.91 bits per heavy atom. The van der Waals surface area contributed by atoms with Crippen LogP contribution in [0.15, 0.2) is 18.2 Å². The molecular formula is C32H41N7O6. The minimum atomic E-state index is -0.483. The van der Waals surface area contributed by atoms with Gasteiger partial charge < -0.3 is 30.0 Å². The first-order valence-corrected chi connectivity index (χ1v) is 15.4. The van der Waals surface area contributed by atoms with E-state index in [9.17, 15) is 19.2 Å². The first-order chi connectivity index (χ1) is 21.6. The summed E-state index contributed by atoms with van der Waals surface area (Å²) in [7, 11) is 1.53. The van der Waals surface area contributed by atoms with Gasteiger partial charge in [-0.2, -0.15) is 5.10 Å². The fraction of sp³-hybridized carbons (Fsp3) is 0.500. The molecular weight excluding hydrogens is 578 g/mol. The Balaban J connectivity index is 1.47. The lowest BCUT2D eigenvalue weighted by molar-refractivity contribution is -0.123. The summed E-state index contributed by atoms with van der Waals surface area (Å²) in [6.45, 7) is 8.29. The van der Waals surface area contributed by atoms with E-state index in [0.717, 1.165) is 12.1 Å². The summed E-state index contributed by atoms with van der Waals surface area (Å²) in [5.41, 5.74) is 2.67. The number of fused-ring (bicyclic) bond motifs is 4. The van der Waals surface area contributed by atoms with Crippen molar-refractivity contribution < 1.29 is 28.7 Å². The van der Waals surface area contributed by atoms with Gasteiger partial charge in [-0.3, -0.25) is 19.2 Å². The number of nitrogens with one attached hydrogen (secondary N) is 3. The highest BCUT2D eigenvalue weighted by Gasteiger charge is 2.31. The third-order valence-electron chi connectivity index (χ3n) is 8.22. The monoisotopic (exact) mass is 619 g/mol. The Hall–Kier alpha value is -4.68. The second kappa shape index (κ2) is 13.5. The summed E-state index contributed by atoms with van der Waals surface area (Å²) in [6.07, 6.45) is 2.27. The topological polar surface area (TPSA) is 161 Å². The molecule has 0 saturated heterocycles. The van der Waals surface area contributed by atoms with Gasteiger partial charge in [0.2, 0.25) is 5.91 Å². The van der Waals surface area contributed by atoms with Crippen LogP contribution >= 0.6 is 0 Å². The van der Waals surface area contributed by atoms with Gasteiger partial charge in [-0.25, -0.2) is 9.67 Å². The molecule has 2 aromatic heterocycles. The first-order valence-electron chi connectivity index (χ1n) is 15.4. The van der Waals surface area contributed by atoms with Crippen LogP contribution in [-0.4, -0.2) is 81.5 Å². The van der Waals surface area contributed by atoms with Gasteiger partial charge in [-0.1, -0.05) is 13.8 Å². The summed E-state index contributed by atoms with van der Waals surface area (Å²) < 4.78 is 13.2. The van der Waals surface area contributed by atoms with E-state index in [0.29, 0.717) is 71.3 Å². The number of amides is 3. The van der Waals surface area contributed by atoms with Gasteiger partial charge >= 0.3 is 0 Å². The summed E-state index contributed by atoms with van der Waals surface area (Å²) >= 11 is 0. The van der Waals surface area contributed by atoms with E-state index in [4.69, 9.17) is 9.47 Å². The summed E-state index contributed by atoms with van der Waals surface area (Å²) in [4.78, 5) is 62.4. The number of rotatable bonds is 3. The smallest absolute Gasteiger partial charge is 0.271 e. The second-order valence-corrected chi connectivity index (χ2v) is 11.8. The number of methoxy groups -OCH3 is 1. The average molecular weight is 620 g/mol. The number of hydrogen-bond donors (Lipinski definition) is 3. The van der Waals surface area contributed by atoms with Crippen molar-refractivity contribution in [2.24, 2.45) is 5.92 Å². The Morgan fingerprint density at radius 3 is 2.64 bits per heavy atom. The summed E-state index contributed by atoms with van der Waals surface area (Å²) in [6, 6.07) is 4.49. The molecule has 0 saturated carbocycles. The van der Waals surface area contributed by atoms with Crippen molar-refractivity contribution in [3.63, 3.8) is 0 Å². The third kappa shape index (κ3) is 6.86. The molecule has 0 radical (unpaired) electrons. The lowest BCUT2D eigenvalue weighted by atomic mass is 9.94. The zero-order valence-electron chi connectivity index (χ0n) is 26.5. The predicted octanol–water partition coefficient (Wildman–Crippen LogP) is 2.92. The third-order valence-corrected chi connectivity index (χ3v) is 8.22. The van der Waals surface area contributed by atoms with Crippen LogP contribution in [0.5, 0.6) is 11.5 Å². The maximum atomic E-state index is 13.9. The Morgan fingerprint density at radius 1 is 1.11 bits per heavy atom. The molecule has 13 nitrogen and oxygen atoms in total. The van der Waals surface area contributed by atoms with E-state index in [2.05, 4.69) is 25.7 Å². The minimum absolute atomic E-state index is 0.0236. The second-order valence-electron chi connectivity index (χ2n) is 11.8. The number of carbonyl (C=O) groups is 4. The lowest BCUT2D eigenvalue weighted by Crippen LogP contribution is -2.44. The average Bonchev–Trinajstić information content (AvgIpc) is 3.55. The number of aromatic nitrogens is 4. The van der Waals surface area contributed by atoms with Crippen molar-refractivity contribution in [2.75, 3.05) is 33.4 Å². The van der Waals surface area contributed by atoms with E-state index in [1.165, 1.54) is 12.0 Å². The normalized spacial score (nSPS) is 18.2. The van der Waals surface area contributed by atoms with E-state index in [1.807, 2.05) is 13.8 Å². The quantitative estimate of drug-likeness (QED) is 0.403. The van der Waals surface area contributed by atoms with Crippen LogP contribution < -0.4 is 20.1 Å². The SMILES string of the molecule is COc1ccc2cc1OCCn1nc(C)nc1[C@H](C(C)C)NC(=O)CN(C(=O)c1[nH]c3c(c1C)C(=O)CCC3)CCCNC2=O. The molecule has 45 heavy (non-hydrogen) atoms.